The lowest BCUT2D eigenvalue weighted by Gasteiger charge is -2.15. The highest BCUT2D eigenvalue weighted by atomic mass is 35.5. The van der Waals surface area contributed by atoms with Gasteiger partial charge in [-0.3, -0.25) is 9.52 Å². The highest BCUT2D eigenvalue weighted by molar-refractivity contribution is 7.92. The van der Waals surface area contributed by atoms with Gasteiger partial charge in [-0.15, -0.1) is 0 Å². The molecule has 0 fully saturated rings. The Morgan fingerprint density at radius 3 is 2.56 bits per heavy atom. The molecule has 25 heavy (non-hydrogen) atoms. The van der Waals surface area contributed by atoms with Crippen molar-refractivity contribution in [1.82, 2.24) is 0 Å². The predicted molar refractivity (Wildman–Crippen MR) is 100 cm³/mol. The molecule has 2 aromatic rings. The molecule has 0 aromatic heterocycles. The van der Waals surface area contributed by atoms with E-state index in [-0.39, 0.29) is 22.2 Å². The molecule has 0 aliphatic carbocycles. The fraction of sp³-hybridized carbons (Fsp3) is 0.235. The molecule has 0 saturated carbocycles. The number of sulfonamides is 1. The van der Waals surface area contributed by atoms with Gasteiger partial charge in [0.2, 0.25) is 5.91 Å². The first-order valence-corrected chi connectivity index (χ1v) is 9.88. The normalized spacial score (nSPS) is 13.9. The summed E-state index contributed by atoms with van der Waals surface area (Å²) in [5.74, 6) is 0.00822. The molecular formula is C17H16Cl2N2O3S. The van der Waals surface area contributed by atoms with E-state index in [1.807, 2.05) is 6.92 Å². The first-order valence-electron chi connectivity index (χ1n) is 7.64. The highest BCUT2D eigenvalue weighted by Gasteiger charge is 2.27. The summed E-state index contributed by atoms with van der Waals surface area (Å²) in [6.07, 6.45) is 0.263. The van der Waals surface area contributed by atoms with Crippen molar-refractivity contribution in [2.75, 3.05) is 16.2 Å². The van der Waals surface area contributed by atoms with Gasteiger partial charge in [-0.25, -0.2) is 8.42 Å². The number of amides is 1. The maximum Gasteiger partial charge on any atom is 0.263 e. The second-order valence-corrected chi connectivity index (χ2v) is 8.26. The van der Waals surface area contributed by atoms with Crippen LogP contribution >= 0.6 is 23.2 Å². The summed E-state index contributed by atoms with van der Waals surface area (Å²) in [6, 6.07) is 7.90. The van der Waals surface area contributed by atoms with Crippen LogP contribution in [-0.2, 0) is 21.2 Å². The summed E-state index contributed by atoms with van der Waals surface area (Å²) in [5, 5.41) is 0.455. The summed E-state index contributed by atoms with van der Waals surface area (Å²) in [4.78, 5) is 13.6. The van der Waals surface area contributed by atoms with Crippen molar-refractivity contribution in [3.8, 4) is 0 Å². The first kappa shape index (κ1) is 18.0. The Morgan fingerprint density at radius 1 is 1.16 bits per heavy atom. The van der Waals surface area contributed by atoms with E-state index in [0.717, 1.165) is 11.3 Å². The van der Waals surface area contributed by atoms with E-state index in [0.29, 0.717) is 22.8 Å². The van der Waals surface area contributed by atoms with Crippen LogP contribution in [0.1, 0.15) is 18.1 Å². The van der Waals surface area contributed by atoms with Crippen LogP contribution in [0.2, 0.25) is 10.0 Å². The van der Waals surface area contributed by atoms with Crippen molar-refractivity contribution < 1.29 is 13.2 Å². The number of likely N-dealkylation sites (N-methyl/N-ethyl adjacent to an activating group) is 1. The van der Waals surface area contributed by atoms with Gasteiger partial charge in [0.15, 0.2) is 0 Å². The predicted octanol–water partition coefficient (Wildman–Crippen LogP) is 4.01. The van der Waals surface area contributed by atoms with Gasteiger partial charge < -0.3 is 4.90 Å². The molecular weight excluding hydrogens is 383 g/mol. The quantitative estimate of drug-likeness (QED) is 0.845. The van der Waals surface area contributed by atoms with Crippen molar-refractivity contribution in [2.45, 2.75) is 25.2 Å². The van der Waals surface area contributed by atoms with E-state index in [2.05, 4.69) is 4.72 Å². The van der Waals surface area contributed by atoms with Crippen LogP contribution in [0, 0.1) is 6.92 Å². The fourth-order valence-corrected chi connectivity index (χ4v) is 4.72. The average Bonchev–Trinajstić information content (AvgIpc) is 2.84. The third kappa shape index (κ3) is 3.34. The van der Waals surface area contributed by atoms with E-state index in [4.69, 9.17) is 23.2 Å². The van der Waals surface area contributed by atoms with Gasteiger partial charge >= 0.3 is 0 Å². The van der Waals surface area contributed by atoms with E-state index in [9.17, 15) is 13.2 Å². The summed E-state index contributed by atoms with van der Waals surface area (Å²) in [6.45, 7) is 4.18. The number of hydrogen-bond acceptors (Lipinski definition) is 3. The van der Waals surface area contributed by atoms with Gasteiger partial charge in [0.1, 0.15) is 4.90 Å². The molecule has 0 saturated heterocycles. The third-order valence-corrected chi connectivity index (χ3v) is 6.34. The molecule has 0 atom stereocenters. The van der Waals surface area contributed by atoms with Gasteiger partial charge in [0.25, 0.3) is 10.0 Å². The molecule has 5 nitrogen and oxygen atoms in total. The number of anilines is 2. The maximum atomic E-state index is 12.7. The van der Waals surface area contributed by atoms with Crippen LogP contribution in [0.3, 0.4) is 0 Å². The molecule has 0 spiro atoms. The molecule has 8 heteroatoms. The zero-order valence-electron chi connectivity index (χ0n) is 13.6. The van der Waals surface area contributed by atoms with Crippen molar-refractivity contribution in [2.24, 2.45) is 0 Å². The van der Waals surface area contributed by atoms with Gasteiger partial charge in [-0.2, -0.15) is 0 Å². The second kappa shape index (κ2) is 6.52. The van der Waals surface area contributed by atoms with Crippen molar-refractivity contribution in [3.05, 3.63) is 51.5 Å². The molecule has 1 aliphatic heterocycles. The number of nitrogens with one attached hydrogen (secondary N) is 1. The fourth-order valence-electron chi connectivity index (χ4n) is 2.84. The lowest BCUT2D eigenvalue weighted by Crippen LogP contribution is -2.25. The van der Waals surface area contributed by atoms with Gasteiger partial charge in [-0.1, -0.05) is 23.2 Å². The minimum absolute atomic E-state index is 0.00822. The van der Waals surface area contributed by atoms with Crippen LogP contribution in [0.4, 0.5) is 11.4 Å². The third-order valence-electron chi connectivity index (χ3n) is 4.08. The Labute approximate surface area is 156 Å². The van der Waals surface area contributed by atoms with E-state index < -0.39 is 10.0 Å². The summed E-state index contributed by atoms with van der Waals surface area (Å²) >= 11 is 12.0. The summed E-state index contributed by atoms with van der Waals surface area (Å²) in [7, 11) is -3.87. The zero-order chi connectivity index (χ0) is 18.4. The molecule has 0 unspecified atom stereocenters. The van der Waals surface area contributed by atoms with Crippen LogP contribution in [0.5, 0.6) is 0 Å². The molecule has 1 amide bonds. The number of carbonyl (C=O) groups excluding carboxylic acids is 1. The monoisotopic (exact) mass is 398 g/mol. The summed E-state index contributed by atoms with van der Waals surface area (Å²) in [5.41, 5.74) is 2.61. The molecule has 2 aromatic carbocycles. The van der Waals surface area contributed by atoms with Crippen LogP contribution in [-0.4, -0.2) is 20.9 Å². The molecule has 1 aliphatic rings. The number of benzene rings is 2. The van der Waals surface area contributed by atoms with Crippen LogP contribution in [0.15, 0.2) is 35.2 Å². The lowest BCUT2D eigenvalue weighted by molar-refractivity contribution is -0.117. The number of aryl methyl sites for hydroxylation is 1. The SMILES string of the molecule is CCN1C(=O)Cc2cc(NS(=O)(=O)c3cc(C)c(Cl)cc3Cl)ccc21. The highest BCUT2D eigenvalue weighted by Crippen LogP contribution is 2.33. The topological polar surface area (TPSA) is 66.5 Å². The number of rotatable bonds is 4. The maximum absolute atomic E-state index is 12.7. The smallest absolute Gasteiger partial charge is 0.263 e. The van der Waals surface area contributed by atoms with Crippen LogP contribution in [0.25, 0.3) is 0 Å². The first-order chi connectivity index (χ1) is 11.7. The number of fused-ring (bicyclic) bond motifs is 1. The average molecular weight is 399 g/mol. The lowest BCUT2D eigenvalue weighted by atomic mass is 10.1. The number of halogens is 2. The standard InChI is InChI=1S/C17H16Cl2N2O3S/c1-3-21-15-5-4-12(7-11(15)8-17(21)22)20-25(23,24)16-6-10(2)13(18)9-14(16)19/h4-7,9,20H,3,8H2,1-2H3. The Bertz CT molecular complexity index is 974. The second-order valence-electron chi connectivity index (χ2n) is 5.80. The molecule has 0 bridgehead atoms. The van der Waals surface area contributed by atoms with Gasteiger partial charge in [0.05, 0.1) is 11.4 Å². The van der Waals surface area contributed by atoms with E-state index >= 15 is 0 Å². The number of hydrogen-bond donors (Lipinski definition) is 1. The largest absolute Gasteiger partial charge is 0.312 e. The van der Waals surface area contributed by atoms with Crippen LogP contribution < -0.4 is 9.62 Å². The number of nitrogens with zero attached hydrogens (tertiary/aromatic N) is 1. The molecule has 1 heterocycles. The Morgan fingerprint density at radius 2 is 1.88 bits per heavy atom. The molecule has 132 valence electrons. The zero-order valence-corrected chi connectivity index (χ0v) is 16.0. The van der Waals surface area contributed by atoms with Crippen molar-refractivity contribution in [3.63, 3.8) is 0 Å². The summed E-state index contributed by atoms with van der Waals surface area (Å²) < 4.78 is 27.8. The minimum Gasteiger partial charge on any atom is -0.312 e. The van der Waals surface area contributed by atoms with Gasteiger partial charge in [-0.05, 0) is 55.3 Å². The molecule has 0 radical (unpaired) electrons. The minimum atomic E-state index is -3.87. The van der Waals surface area contributed by atoms with Gasteiger partial charge in [0, 0.05) is 22.9 Å². The molecule has 1 N–H and O–H groups in total. The molecule has 3 rings (SSSR count). The van der Waals surface area contributed by atoms with Crippen molar-refractivity contribution in [1.29, 1.82) is 0 Å². The Kier molecular flexibility index (Phi) is 4.70. The number of carbonyl (C=O) groups is 1. The van der Waals surface area contributed by atoms with E-state index in [1.54, 1.807) is 30.0 Å². The Balaban J connectivity index is 1.94. The Hall–Kier alpha value is -1.76. The van der Waals surface area contributed by atoms with Crippen molar-refractivity contribution >= 4 is 50.5 Å². The van der Waals surface area contributed by atoms with E-state index in [1.165, 1.54) is 12.1 Å².